The second kappa shape index (κ2) is 11.0. The summed E-state index contributed by atoms with van der Waals surface area (Å²) in [7, 11) is 0. The predicted octanol–water partition coefficient (Wildman–Crippen LogP) is -0.474. The zero-order valence-electron chi connectivity index (χ0n) is 22.2. The molecule has 5 aliphatic rings. The zero-order valence-corrected chi connectivity index (χ0v) is 26.7. The van der Waals surface area contributed by atoms with Crippen molar-refractivity contribution >= 4 is 72.2 Å². The topological polar surface area (TPSA) is 188 Å². The van der Waals surface area contributed by atoms with Crippen LogP contribution in [0.15, 0.2) is 11.6 Å². The minimum Gasteiger partial charge on any atom is -0.479 e. The molecular formula is C27H36BaO11. The normalized spacial score (nSPS) is 47.3. The number of aliphatic hydroxyl groups is 4. The predicted molar refractivity (Wildman–Crippen MR) is 133 cm³/mol. The molecule has 5 N–H and O–H groups in total. The fourth-order valence-electron chi connectivity index (χ4n) is 8.31. The van der Waals surface area contributed by atoms with Crippen molar-refractivity contribution in [1.82, 2.24) is 0 Å². The van der Waals surface area contributed by atoms with Crippen molar-refractivity contribution in [1.29, 1.82) is 0 Å². The van der Waals surface area contributed by atoms with Gasteiger partial charge < -0.3 is 35.0 Å². The van der Waals surface area contributed by atoms with E-state index in [1.54, 1.807) is 13.0 Å². The minimum absolute atomic E-state index is 0. The van der Waals surface area contributed by atoms with Crippen molar-refractivity contribution < 1.29 is 54.2 Å². The Morgan fingerprint density at radius 3 is 2.41 bits per heavy atom. The molecule has 0 aromatic heterocycles. The molecule has 0 spiro atoms. The number of hydrogen-bond acceptors (Lipinski definition) is 10. The van der Waals surface area contributed by atoms with Crippen LogP contribution in [0.1, 0.15) is 58.8 Å². The number of Topliss-reactive ketones (excluding diaryl/α,β-unsaturated/α-hetero) is 2. The Kier molecular flexibility index (Phi) is 8.88. The summed E-state index contributed by atoms with van der Waals surface area (Å²) in [5, 5.41) is 51.0. The van der Waals surface area contributed by atoms with E-state index in [0.29, 0.717) is 32.1 Å². The fourth-order valence-corrected chi connectivity index (χ4v) is 8.31. The van der Waals surface area contributed by atoms with Crippen LogP contribution >= 0.6 is 0 Å². The first-order chi connectivity index (χ1) is 17.7. The third kappa shape index (κ3) is 4.79. The molecular weight excluding hydrogens is 638 g/mol. The first-order valence-corrected chi connectivity index (χ1v) is 13.3. The summed E-state index contributed by atoms with van der Waals surface area (Å²) in [4.78, 5) is 50.5. The number of carboxylic acids is 1. The van der Waals surface area contributed by atoms with Crippen LogP contribution < -0.4 is 0 Å². The van der Waals surface area contributed by atoms with Crippen molar-refractivity contribution in [2.45, 2.75) is 95.1 Å². The van der Waals surface area contributed by atoms with E-state index >= 15 is 0 Å². The molecule has 39 heavy (non-hydrogen) atoms. The molecule has 2 radical (unpaired) electrons. The summed E-state index contributed by atoms with van der Waals surface area (Å²) in [6, 6.07) is 0. The van der Waals surface area contributed by atoms with E-state index in [0.717, 1.165) is 5.57 Å². The summed E-state index contributed by atoms with van der Waals surface area (Å²) >= 11 is 0. The molecule has 1 heterocycles. The van der Waals surface area contributed by atoms with Crippen molar-refractivity contribution in [2.75, 3.05) is 6.61 Å². The van der Waals surface area contributed by atoms with E-state index in [2.05, 4.69) is 6.92 Å². The standard InChI is InChI=1S/C27H36O11.Ba/c1-25-7-5-13(28)9-12(25)3-4-14-15-6-8-27(36,26(15,2)10-16(29)18(14)25)17(30)11-37-24-21(33)19(31)20(32)22(38-24)23(34)35;/h9,14-15,18-22,24,31-33,36H,3-8,10-11H2,1-2H3,(H,34,35);/t14?,15?,18?,19?,20?,21?,22-,24+,25?,26?,27?;/m1./s1. The number of carbonyl (C=O) groups excluding carboxylic acids is 3. The van der Waals surface area contributed by atoms with Gasteiger partial charge in [0, 0.05) is 73.1 Å². The van der Waals surface area contributed by atoms with Gasteiger partial charge in [-0.15, -0.1) is 0 Å². The summed E-state index contributed by atoms with van der Waals surface area (Å²) in [6.45, 7) is 3.08. The van der Waals surface area contributed by atoms with Gasteiger partial charge in [-0.3, -0.25) is 14.4 Å². The van der Waals surface area contributed by atoms with Gasteiger partial charge in [0.05, 0.1) is 0 Å². The summed E-state index contributed by atoms with van der Waals surface area (Å²) in [6.07, 6.45) is -4.39. The van der Waals surface area contributed by atoms with Crippen LogP contribution in [0.25, 0.3) is 0 Å². The van der Waals surface area contributed by atoms with E-state index in [1.165, 1.54) is 0 Å². The zero-order chi connectivity index (χ0) is 27.8. The molecule has 1 aliphatic heterocycles. The maximum Gasteiger partial charge on any atom is 0.335 e. The average molecular weight is 674 g/mol. The van der Waals surface area contributed by atoms with E-state index in [4.69, 9.17) is 9.47 Å². The van der Waals surface area contributed by atoms with Crippen LogP contribution in [0.3, 0.4) is 0 Å². The molecule has 0 bridgehead atoms. The second-order valence-corrected chi connectivity index (χ2v) is 12.3. The van der Waals surface area contributed by atoms with E-state index in [-0.39, 0.29) is 91.0 Å². The maximum atomic E-state index is 13.7. The quantitative estimate of drug-likeness (QED) is 0.237. The SMILES string of the molecule is CC12CCC(=O)C=C1CCC1C2C(=O)CC2(C)C1CCC2(O)C(=O)CO[C@H]1O[C@@H](C(=O)O)C(O)C(O)C1O.[Ba]. The number of rotatable bonds is 5. The molecule has 0 aromatic carbocycles. The number of ether oxygens (including phenoxy) is 2. The Labute approximate surface area is 266 Å². The maximum absolute atomic E-state index is 13.7. The number of aliphatic hydroxyl groups excluding tert-OH is 3. The minimum atomic E-state index is -1.90. The number of ketones is 3. The first kappa shape index (κ1) is 31.5. The van der Waals surface area contributed by atoms with Crippen molar-refractivity contribution in [3.05, 3.63) is 11.6 Å². The van der Waals surface area contributed by atoms with Crippen LogP contribution in [0.5, 0.6) is 0 Å². The molecule has 212 valence electrons. The largest absolute Gasteiger partial charge is 0.479 e. The molecule has 0 amide bonds. The van der Waals surface area contributed by atoms with E-state index in [9.17, 15) is 44.7 Å². The van der Waals surface area contributed by atoms with Crippen molar-refractivity contribution in [2.24, 2.45) is 28.6 Å². The van der Waals surface area contributed by atoms with Gasteiger partial charge in [0.2, 0.25) is 0 Å². The number of hydrogen-bond donors (Lipinski definition) is 5. The van der Waals surface area contributed by atoms with Gasteiger partial charge in [-0.2, -0.15) is 0 Å². The van der Waals surface area contributed by atoms with Crippen LogP contribution in [0.4, 0.5) is 0 Å². The molecule has 5 rings (SSSR count). The molecule has 11 nitrogen and oxygen atoms in total. The van der Waals surface area contributed by atoms with Gasteiger partial charge in [-0.25, -0.2) is 4.79 Å². The van der Waals surface area contributed by atoms with Gasteiger partial charge in [0.1, 0.15) is 36.3 Å². The van der Waals surface area contributed by atoms with Gasteiger partial charge in [0.25, 0.3) is 0 Å². The summed E-state index contributed by atoms with van der Waals surface area (Å²) in [5.41, 5.74) is -2.30. The number of carbonyl (C=O) groups is 4. The Morgan fingerprint density at radius 1 is 1.05 bits per heavy atom. The van der Waals surface area contributed by atoms with Crippen molar-refractivity contribution in [3.8, 4) is 0 Å². The van der Waals surface area contributed by atoms with Gasteiger partial charge in [-0.05, 0) is 55.4 Å². The number of fused-ring (bicyclic) bond motifs is 5. The van der Waals surface area contributed by atoms with Crippen LogP contribution in [0, 0.1) is 28.6 Å². The molecule has 1 saturated heterocycles. The average Bonchev–Trinajstić information content (AvgIpc) is 3.13. The summed E-state index contributed by atoms with van der Waals surface area (Å²) in [5.74, 6) is -2.62. The fraction of sp³-hybridized carbons (Fsp3) is 0.778. The number of aliphatic carboxylic acids is 1. The number of carboxylic acid groups (broad SMARTS) is 1. The van der Waals surface area contributed by atoms with Gasteiger partial charge in [-0.1, -0.05) is 19.4 Å². The molecule has 4 fully saturated rings. The third-order valence-electron chi connectivity index (χ3n) is 10.5. The number of allylic oxidation sites excluding steroid dienone is 1. The molecule has 12 heteroatoms. The van der Waals surface area contributed by atoms with Gasteiger partial charge >= 0.3 is 5.97 Å². The smallest absolute Gasteiger partial charge is 0.335 e. The molecule has 4 aliphatic carbocycles. The Morgan fingerprint density at radius 2 is 1.74 bits per heavy atom. The summed E-state index contributed by atoms with van der Waals surface area (Å²) < 4.78 is 10.4. The monoisotopic (exact) mass is 674 g/mol. The van der Waals surface area contributed by atoms with E-state index < -0.39 is 65.5 Å². The molecule has 11 atom stereocenters. The molecule has 0 aromatic rings. The van der Waals surface area contributed by atoms with Crippen LogP contribution in [0.2, 0.25) is 0 Å². The Bertz CT molecular complexity index is 1090. The van der Waals surface area contributed by atoms with Gasteiger partial charge in [0.15, 0.2) is 24.0 Å². The third-order valence-corrected chi connectivity index (χ3v) is 10.5. The Hall–Kier alpha value is -0.449. The van der Waals surface area contributed by atoms with E-state index in [1.807, 2.05) is 0 Å². The van der Waals surface area contributed by atoms with Crippen LogP contribution in [-0.2, 0) is 28.7 Å². The Balaban J connectivity index is 0.00000353. The van der Waals surface area contributed by atoms with Crippen LogP contribution in [-0.4, -0.2) is 141 Å². The molecule has 9 unspecified atom stereocenters. The second-order valence-electron chi connectivity index (χ2n) is 12.3. The molecule has 3 saturated carbocycles. The first-order valence-electron chi connectivity index (χ1n) is 13.3. The van der Waals surface area contributed by atoms with Crippen molar-refractivity contribution in [3.63, 3.8) is 0 Å².